The number of hydrogen-bond donors (Lipinski definition) is 1. The zero-order valence-corrected chi connectivity index (χ0v) is 17.1. The van der Waals surface area contributed by atoms with Gasteiger partial charge in [-0.1, -0.05) is 23.3 Å². The molecular weight excluding hydrogens is 370 g/mol. The van der Waals surface area contributed by atoms with Crippen LogP contribution >= 0.6 is 0 Å². The molecule has 0 bridgehead atoms. The summed E-state index contributed by atoms with van der Waals surface area (Å²) < 4.78 is 16.8. The van der Waals surface area contributed by atoms with Crippen LogP contribution in [-0.4, -0.2) is 29.3 Å². The number of carbonyl (C=O) groups is 1. The minimum absolute atomic E-state index is 0.0562. The standard InChI is InChI=1S/C22H25N3O4/c1-5-27-18-10-9-17(13-19(18)28-6-2)21-24-25-22(29-21)23-20(26)12-16-8-7-14(3)15(4)11-16/h7-11,13H,5-6,12H2,1-4H3,(H,23,25,26). The number of aromatic nitrogens is 2. The Morgan fingerprint density at radius 2 is 1.72 bits per heavy atom. The average Bonchev–Trinajstić information content (AvgIpc) is 3.15. The van der Waals surface area contributed by atoms with E-state index < -0.39 is 0 Å². The highest BCUT2D eigenvalue weighted by molar-refractivity contribution is 5.90. The first kappa shape index (κ1) is 20.4. The summed E-state index contributed by atoms with van der Waals surface area (Å²) in [5.74, 6) is 1.32. The van der Waals surface area contributed by atoms with Crippen molar-refractivity contribution in [3.63, 3.8) is 0 Å². The summed E-state index contributed by atoms with van der Waals surface area (Å²) in [6.07, 6.45) is 0.233. The van der Waals surface area contributed by atoms with Crippen molar-refractivity contribution in [3.8, 4) is 23.0 Å². The molecule has 0 radical (unpaired) electrons. The van der Waals surface area contributed by atoms with Crippen LogP contribution < -0.4 is 14.8 Å². The van der Waals surface area contributed by atoms with Crippen molar-refractivity contribution in [2.24, 2.45) is 0 Å². The number of carbonyl (C=O) groups excluding carboxylic acids is 1. The lowest BCUT2D eigenvalue weighted by Crippen LogP contribution is -2.14. The van der Waals surface area contributed by atoms with E-state index in [4.69, 9.17) is 13.9 Å². The lowest BCUT2D eigenvalue weighted by atomic mass is 10.0. The van der Waals surface area contributed by atoms with Gasteiger partial charge in [-0.3, -0.25) is 10.1 Å². The molecule has 7 nitrogen and oxygen atoms in total. The van der Waals surface area contributed by atoms with E-state index in [1.54, 1.807) is 12.1 Å². The van der Waals surface area contributed by atoms with E-state index in [2.05, 4.69) is 15.5 Å². The summed E-state index contributed by atoms with van der Waals surface area (Å²) in [5.41, 5.74) is 3.95. The molecule has 0 aliphatic rings. The van der Waals surface area contributed by atoms with E-state index in [0.717, 1.165) is 11.1 Å². The molecule has 1 heterocycles. The van der Waals surface area contributed by atoms with Crippen molar-refractivity contribution in [1.29, 1.82) is 0 Å². The molecule has 0 saturated carbocycles. The molecule has 0 spiro atoms. The molecule has 3 rings (SSSR count). The number of aryl methyl sites for hydroxylation is 2. The van der Waals surface area contributed by atoms with Crippen LogP contribution in [0.15, 0.2) is 40.8 Å². The van der Waals surface area contributed by atoms with Crippen molar-refractivity contribution in [2.45, 2.75) is 34.1 Å². The zero-order chi connectivity index (χ0) is 20.8. The number of hydrogen-bond acceptors (Lipinski definition) is 6. The SMILES string of the molecule is CCOc1ccc(-c2nnc(NC(=O)Cc3ccc(C)c(C)c3)o2)cc1OCC. The van der Waals surface area contributed by atoms with E-state index in [1.165, 1.54) is 5.56 Å². The van der Waals surface area contributed by atoms with Gasteiger partial charge in [0.25, 0.3) is 0 Å². The summed E-state index contributed by atoms with van der Waals surface area (Å²) in [4.78, 5) is 12.3. The topological polar surface area (TPSA) is 86.5 Å². The van der Waals surface area contributed by atoms with Gasteiger partial charge < -0.3 is 13.9 Å². The van der Waals surface area contributed by atoms with Crippen molar-refractivity contribution in [2.75, 3.05) is 18.5 Å². The van der Waals surface area contributed by atoms with E-state index >= 15 is 0 Å². The van der Waals surface area contributed by atoms with Crippen LogP contribution in [-0.2, 0) is 11.2 Å². The van der Waals surface area contributed by atoms with Gasteiger partial charge in [0.1, 0.15) is 0 Å². The van der Waals surface area contributed by atoms with Gasteiger partial charge in [-0.15, -0.1) is 5.10 Å². The Balaban J connectivity index is 1.70. The summed E-state index contributed by atoms with van der Waals surface area (Å²) in [6, 6.07) is 11.4. The molecule has 0 atom stereocenters. The molecule has 152 valence electrons. The Morgan fingerprint density at radius 1 is 0.966 bits per heavy atom. The van der Waals surface area contributed by atoms with Crippen LogP contribution in [0.4, 0.5) is 6.01 Å². The molecular formula is C22H25N3O4. The predicted molar refractivity (Wildman–Crippen MR) is 110 cm³/mol. The van der Waals surface area contributed by atoms with Crippen LogP contribution in [0.1, 0.15) is 30.5 Å². The molecule has 1 N–H and O–H groups in total. The molecule has 0 aliphatic heterocycles. The molecule has 0 unspecified atom stereocenters. The minimum atomic E-state index is -0.217. The number of amides is 1. The first-order valence-corrected chi connectivity index (χ1v) is 9.59. The van der Waals surface area contributed by atoms with Gasteiger partial charge in [0.15, 0.2) is 11.5 Å². The van der Waals surface area contributed by atoms with Gasteiger partial charge in [-0.05, 0) is 62.6 Å². The average molecular weight is 395 g/mol. The summed E-state index contributed by atoms with van der Waals surface area (Å²) in [7, 11) is 0. The van der Waals surface area contributed by atoms with Gasteiger partial charge in [-0.2, -0.15) is 0 Å². The maximum atomic E-state index is 12.3. The minimum Gasteiger partial charge on any atom is -0.490 e. The van der Waals surface area contributed by atoms with Crippen LogP contribution in [0, 0.1) is 13.8 Å². The molecule has 2 aromatic carbocycles. The Labute approximate surface area is 170 Å². The molecule has 3 aromatic rings. The van der Waals surface area contributed by atoms with Crippen LogP contribution in [0.5, 0.6) is 11.5 Å². The monoisotopic (exact) mass is 395 g/mol. The summed E-state index contributed by atoms with van der Waals surface area (Å²) >= 11 is 0. The van der Waals surface area contributed by atoms with Gasteiger partial charge in [0.2, 0.25) is 11.8 Å². The first-order valence-electron chi connectivity index (χ1n) is 9.59. The molecule has 0 aliphatic carbocycles. The van der Waals surface area contributed by atoms with E-state index in [-0.39, 0.29) is 24.2 Å². The fourth-order valence-corrected chi connectivity index (χ4v) is 2.84. The Bertz CT molecular complexity index is 997. The molecule has 29 heavy (non-hydrogen) atoms. The van der Waals surface area contributed by atoms with Crippen LogP contribution in [0.25, 0.3) is 11.5 Å². The number of nitrogens with zero attached hydrogens (tertiary/aromatic N) is 2. The smallest absolute Gasteiger partial charge is 0.322 e. The second-order valence-corrected chi connectivity index (χ2v) is 6.58. The maximum absolute atomic E-state index is 12.3. The number of ether oxygens (including phenoxy) is 2. The second kappa shape index (κ2) is 9.23. The normalized spacial score (nSPS) is 10.6. The Kier molecular flexibility index (Phi) is 6.49. The molecule has 1 aromatic heterocycles. The van der Waals surface area contributed by atoms with Crippen molar-refractivity contribution in [1.82, 2.24) is 10.2 Å². The number of nitrogens with one attached hydrogen (secondary N) is 1. The zero-order valence-electron chi connectivity index (χ0n) is 17.1. The molecule has 0 fully saturated rings. The number of rotatable bonds is 8. The van der Waals surface area contributed by atoms with E-state index in [1.807, 2.05) is 52.0 Å². The van der Waals surface area contributed by atoms with E-state index in [0.29, 0.717) is 30.3 Å². The number of anilines is 1. The van der Waals surface area contributed by atoms with Crippen molar-refractivity contribution >= 4 is 11.9 Å². The third-order valence-corrected chi connectivity index (χ3v) is 4.40. The van der Waals surface area contributed by atoms with E-state index in [9.17, 15) is 4.79 Å². The van der Waals surface area contributed by atoms with Crippen LogP contribution in [0.3, 0.4) is 0 Å². The summed E-state index contributed by atoms with van der Waals surface area (Å²) in [5, 5.41) is 10.6. The second-order valence-electron chi connectivity index (χ2n) is 6.58. The van der Waals surface area contributed by atoms with Gasteiger partial charge in [0.05, 0.1) is 19.6 Å². The maximum Gasteiger partial charge on any atom is 0.322 e. The Morgan fingerprint density at radius 3 is 2.45 bits per heavy atom. The summed E-state index contributed by atoms with van der Waals surface area (Å²) in [6.45, 7) is 8.92. The van der Waals surface area contributed by atoms with Gasteiger partial charge >= 0.3 is 6.01 Å². The molecule has 1 amide bonds. The lowest BCUT2D eigenvalue weighted by Gasteiger charge is -2.11. The highest BCUT2D eigenvalue weighted by Gasteiger charge is 2.14. The third-order valence-electron chi connectivity index (χ3n) is 4.40. The Hall–Kier alpha value is -3.35. The van der Waals surface area contributed by atoms with Crippen molar-refractivity contribution in [3.05, 3.63) is 53.1 Å². The van der Waals surface area contributed by atoms with Gasteiger partial charge in [-0.25, -0.2) is 0 Å². The highest BCUT2D eigenvalue weighted by atomic mass is 16.5. The first-order chi connectivity index (χ1) is 14.0. The highest BCUT2D eigenvalue weighted by Crippen LogP contribution is 2.32. The predicted octanol–water partition coefficient (Wildman–Crippen LogP) is 4.33. The largest absolute Gasteiger partial charge is 0.490 e. The number of benzene rings is 2. The lowest BCUT2D eigenvalue weighted by molar-refractivity contribution is -0.115. The quantitative estimate of drug-likeness (QED) is 0.611. The molecule has 0 saturated heterocycles. The fraction of sp³-hybridized carbons (Fsp3) is 0.318. The van der Waals surface area contributed by atoms with Crippen LogP contribution in [0.2, 0.25) is 0 Å². The molecule has 7 heteroatoms. The van der Waals surface area contributed by atoms with Crippen molar-refractivity contribution < 1.29 is 18.7 Å². The third kappa shape index (κ3) is 5.13. The van der Waals surface area contributed by atoms with Gasteiger partial charge in [0, 0.05) is 5.56 Å². The fourth-order valence-electron chi connectivity index (χ4n) is 2.84.